The second-order valence-corrected chi connectivity index (χ2v) is 5.64. The number of hydrogen-bond donors (Lipinski definition) is 0. The SMILES string of the molecule is C[C@H](c1ccccc1)N1[C@H]2CCCC(=O)[C@@H]1CC2. The first-order valence-electron chi connectivity index (χ1n) is 7.12. The van der Waals surface area contributed by atoms with Crippen molar-refractivity contribution in [3.05, 3.63) is 35.9 Å². The number of carbonyl (C=O) groups excluding carboxylic acids is 1. The molecule has 0 aromatic heterocycles. The van der Waals surface area contributed by atoms with Crippen LogP contribution in [0.4, 0.5) is 0 Å². The third-order valence-corrected chi connectivity index (χ3v) is 4.62. The summed E-state index contributed by atoms with van der Waals surface area (Å²) in [6.07, 6.45) is 5.34. The number of benzene rings is 1. The summed E-state index contributed by atoms with van der Waals surface area (Å²) in [4.78, 5) is 14.7. The molecule has 0 aliphatic carbocycles. The zero-order chi connectivity index (χ0) is 12.5. The second-order valence-electron chi connectivity index (χ2n) is 5.64. The first-order valence-corrected chi connectivity index (χ1v) is 7.12. The molecule has 2 fully saturated rings. The molecule has 96 valence electrons. The number of rotatable bonds is 2. The molecule has 0 spiro atoms. The van der Waals surface area contributed by atoms with Gasteiger partial charge >= 0.3 is 0 Å². The van der Waals surface area contributed by atoms with Gasteiger partial charge in [0.15, 0.2) is 0 Å². The lowest BCUT2D eigenvalue weighted by Crippen LogP contribution is -2.40. The smallest absolute Gasteiger partial charge is 0.149 e. The van der Waals surface area contributed by atoms with E-state index in [1.807, 2.05) is 0 Å². The van der Waals surface area contributed by atoms with Crippen LogP contribution in [-0.4, -0.2) is 22.8 Å². The lowest BCUT2D eigenvalue weighted by Gasteiger charge is -2.33. The van der Waals surface area contributed by atoms with Crippen LogP contribution < -0.4 is 0 Å². The summed E-state index contributed by atoms with van der Waals surface area (Å²) < 4.78 is 0. The topological polar surface area (TPSA) is 20.3 Å². The Morgan fingerprint density at radius 2 is 1.94 bits per heavy atom. The van der Waals surface area contributed by atoms with E-state index in [2.05, 4.69) is 42.2 Å². The van der Waals surface area contributed by atoms with Crippen LogP contribution in [0.3, 0.4) is 0 Å². The Kier molecular flexibility index (Phi) is 3.21. The summed E-state index contributed by atoms with van der Waals surface area (Å²) in [5.74, 6) is 0.470. The van der Waals surface area contributed by atoms with Crippen molar-refractivity contribution < 1.29 is 4.79 Å². The highest BCUT2D eigenvalue weighted by Gasteiger charge is 2.41. The van der Waals surface area contributed by atoms with E-state index in [4.69, 9.17) is 0 Å². The van der Waals surface area contributed by atoms with E-state index in [9.17, 15) is 4.79 Å². The van der Waals surface area contributed by atoms with Gasteiger partial charge in [0.25, 0.3) is 0 Å². The highest BCUT2D eigenvalue weighted by molar-refractivity contribution is 5.84. The van der Waals surface area contributed by atoms with Crippen LogP contribution in [0.25, 0.3) is 0 Å². The van der Waals surface area contributed by atoms with Crippen LogP contribution in [-0.2, 0) is 4.79 Å². The van der Waals surface area contributed by atoms with E-state index >= 15 is 0 Å². The molecule has 2 heteroatoms. The van der Waals surface area contributed by atoms with Crippen LogP contribution in [0.5, 0.6) is 0 Å². The van der Waals surface area contributed by atoms with Gasteiger partial charge in [-0.1, -0.05) is 30.3 Å². The molecule has 18 heavy (non-hydrogen) atoms. The van der Waals surface area contributed by atoms with Crippen molar-refractivity contribution in [3.8, 4) is 0 Å². The third-order valence-electron chi connectivity index (χ3n) is 4.62. The molecule has 2 bridgehead atoms. The molecule has 3 atom stereocenters. The van der Waals surface area contributed by atoms with E-state index < -0.39 is 0 Å². The van der Waals surface area contributed by atoms with Gasteiger partial charge in [-0.3, -0.25) is 9.69 Å². The van der Waals surface area contributed by atoms with Crippen molar-refractivity contribution in [1.29, 1.82) is 0 Å². The molecule has 2 aliphatic heterocycles. The van der Waals surface area contributed by atoms with Gasteiger partial charge in [0.05, 0.1) is 6.04 Å². The zero-order valence-corrected chi connectivity index (χ0v) is 11.0. The minimum Gasteiger partial charge on any atom is -0.298 e. The van der Waals surface area contributed by atoms with Crippen molar-refractivity contribution in [2.75, 3.05) is 0 Å². The number of carbonyl (C=O) groups is 1. The standard InChI is InChI=1S/C16H21NO/c1-12(13-6-3-2-4-7-13)17-14-8-5-9-16(18)15(17)11-10-14/h2-4,6-7,12,14-15H,5,8-11H2,1H3/t12-,14+,15+/m1/s1. The lowest BCUT2D eigenvalue weighted by atomic mass is 10.0. The predicted molar refractivity (Wildman–Crippen MR) is 72.4 cm³/mol. The average molecular weight is 243 g/mol. The lowest BCUT2D eigenvalue weighted by molar-refractivity contribution is -0.123. The number of fused-ring (bicyclic) bond motifs is 2. The Labute approximate surface area is 109 Å². The molecule has 0 unspecified atom stereocenters. The first-order chi connectivity index (χ1) is 8.77. The Morgan fingerprint density at radius 1 is 1.17 bits per heavy atom. The van der Waals surface area contributed by atoms with E-state index in [0.29, 0.717) is 17.9 Å². The molecular weight excluding hydrogens is 222 g/mol. The Balaban J connectivity index is 1.88. The number of hydrogen-bond acceptors (Lipinski definition) is 2. The third kappa shape index (κ3) is 1.99. The molecule has 2 saturated heterocycles. The van der Waals surface area contributed by atoms with Crippen LogP contribution in [0, 0.1) is 0 Å². The minimum atomic E-state index is 0.188. The van der Waals surface area contributed by atoms with Crippen molar-refractivity contribution in [1.82, 2.24) is 4.90 Å². The largest absolute Gasteiger partial charge is 0.298 e. The van der Waals surface area contributed by atoms with E-state index in [1.54, 1.807) is 0 Å². The van der Waals surface area contributed by atoms with Crippen LogP contribution in [0.1, 0.15) is 50.6 Å². The average Bonchev–Trinajstić information content (AvgIpc) is 2.74. The molecule has 2 aliphatic rings. The van der Waals surface area contributed by atoms with Crippen molar-refractivity contribution in [2.24, 2.45) is 0 Å². The number of nitrogens with zero attached hydrogens (tertiary/aromatic N) is 1. The van der Waals surface area contributed by atoms with E-state index in [0.717, 1.165) is 19.3 Å². The van der Waals surface area contributed by atoms with Crippen LogP contribution in [0.15, 0.2) is 30.3 Å². The fraction of sp³-hybridized carbons (Fsp3) is 0.562. The van der Waals surface area contributed by atoms with Gasteiger partial charge in [-0.2, -0.15) is 0 Å². The quantitative estimate of drug-likeness (QED) is 0.794. The maximum Gasteiger partial charge on any atom is 0.149 e. The first kappa shape index (κ1) is 11.9. The Bertz CT molecular complexity index is 428. The summed E-state index contributed by atoms with van der Waals surface area (Å²) in [7, 11) is 0. The fourth-order valence-electron chi connectivity index (χ4n) is 3.69. The summed E-state index contributed by atoms with van der Waals surface area (Å²) >= 11 is 0. The fourth-order valence-corrected chi connectivity index (χ4v) is 3.69. The molecular formula is C16H21NO. The molecule has 2 nitrogen and oxygen atoms in total. The van der Waals surface area contributed by atoms with Gasteiger partial charge < -0.3 is 0 Å². The Morgan fingerprint density at radius 3 is 2.72 bits per heavy atom. The highest BCUT2D eigenvalue weighted by atomic mass is 16.1. The van der Waals surface area contributed by atoms with Gasteiger partial charge in [0.1, 0.15) is 5.78 Å². The molecule has 1 aromatic carbocycles. The monoisotopic (exact) mass is 243 g/mol. The predicted octanol–water partition coefficient (Wildman–Crippen LogP) is 3.33. The van der Waals surface area contributed by atoms with Gasteiger partial charge in [-0.25, -0.2) is 0 Å². The summed E-state index contributed by atoms with van der Waals surface area (Å²) in [5, 5.41) is 0. The van der Waals surface area contributed by atoms with Crippen LogP contribution in [0.2, 0.25) is 0 Å². The van der Waals surface area contributed by atoms with Gasteiger partial charge in [0, 0.05) is 18.5 Å². The molecule has 2 heterocycles. The number of Topliss-reactive ketones (excluding diaryl/α,β-unsaturated/α-hetero) is 1. The number of ketones is 1. The van der Waals surface area contributed by atoms with Crippen molar-refractivity contribution in [2.45, 2.75) is 57.2 Å². The van der Waals surface area contributed by atoms with Crippen molar-refractivity contribution >= 4 is 5.78 Å². The maximum absolute atomic E-state index is 12.2. The van der Waals surface area contributed by atoms with E-state index in [-0.39, 0.29) is 6.04 Å². The highest BCUT2D eigenvalue weighted by Crippen LogP contribution is 2.38. The molecule has 0 amide bonds. The van der Waals surface area contributed by atoms with Gasteiger partial charge in [-0.05, 0) is 38.2 Å². The zero-order valence-electron chi connectivity index (χ0n) is 11.0. The Hall–Kier alpha value is -1.15. The van der Waals surface area contributed by atoms with Crippen LogP contribution >= 0.6 is 0 Å². The normalized spacial score (nSPS) is 30.2. The van der Waals surface area contributed by atoms with E-state index in [1.165, 1.54) is 18.4 Å². The molecule has 1 aromatic rings. The summed E-state index contributed by atoms with van der Waals surface area (Å²) in [6, 6.07) is 11.8. The molecule has 0 N–H and O–H groups in total. The molecule has 3 rings (SSSR count). The molecule has 0 radical (unpaired) electrons. The minimum absolute atomic E-state index is 0.188. The van der Waals surface area contributed by atoms with Gasteiger partial charge in [0.2, 0.25) is 0 Å². The van der Waals surface area contributed by atoms with Crippen molar-refractivity contribution in [3.63, 3.8) is 0 Å². The summed E-state index contributed by atoms with van der Waals surface area (Å²) in [6.45, 7) is 2.25. The summed E-state index contributed by atoms with van der Waals surface area (Å²) in [5.41, 5.74) is 1.34. The molecule has 0 saturated carbocycles. The second kappa shape index (κ2) is 4.85. The maximum atomic E-state index is 12.2. The van der Waals surface area contributed by atoms with Gasteiger partial charge in [-0.15, -0.1) is 0 Å².